The molecule has 0 fully saturated rings. The minimum Gasteiger partial charge on any atom is -0.464 e. The second-order valence-corrected chi connectivity index (χ2v) is 7.35. The monoisotopic (exact) mass is 280 g/mol. The third kappa shape index (κ3) is 3.78. The molecule has 1 N–H and O–H groups in total. The fraction of sp³-hybridized carbons (Fsp3) is 0.667. The van der Waals surface area contributed by atoms with E-state index in [2.05, 4.69) is 33.0 Å². The second kappa shape index (κ2) is 5.61. The van der Waals surface area contributed by atoms with Gasteiger partial charge in [0, 0.05) is 5.75 Å². The predicted octanol–water partition coefficient (Wildman–Crippen LogP) is 4.15. The fourth-order valence-corrected chi connectivity index (χ4v) is 3.16. The average Bonchev–Trinajstić information content (AvgIpc) is 2.75. The van der Waals surface area contributed by atoms with Crippen molar-refractivity contribution in [3.63, 3.8) is 0 Å². The van der Waals surface area contributed by atoms with Crippen LogP contribution in [0.15, 0.2) is 21.5 Å². The largest absolute Gasteiger partial charge is 0.464 e. The number of furan rings is 1. The average molecular weight is 280 g/mol. The van der Waals surface area contributed by atoms with Crippen LogP contribution in [-0.2, 0) is 0 Å². The van der Waals surface area contributed by atoms with E-state index in [1.165, 1.54) is 0 Å². The van der Waals surface area contributed by atoms with E-state index in [9.17, 15) is 0 Å². The van der Waals surface area contributed by atoms with Gasteiger partial charge < -0.3 is 9.73 Å². The molecule has 2 unspecified atom stereocenters. The molecule has 0 bridgehead atoms. The van der Waals surface area contributed by atoms with Crippen LogP contribution in [0.3, 0.4) is 0 Å². The van der Waals surface area contributed by atoms with E-state index in [0.29, 0.717) is 6.04 Å². The third-order valence-electron chi connectivity index (χ3n) is 3.43. The van der Waals surface area contributed by atoms with Crippen molar-refractivity contribution < 1.29 is 4.42 Å². The van der Waals surface area contributed by atoms with Crippen molar-refractivity contribution in [3.05, 3.63) is 23.7 Å². The summed E-state index contributed by atoms with van der Waals surface area (Å²) in [6.07, 6.45) is 1.16. The Hall–Kier alpha value is -0.900. The molecule has 0 spiro atoms. The van der Waals surface area contributed by atoms with Crippen molar-refractivity contribution in [1.29, 1.82) is 0 Å². The Labute approximate surface area is 120 Å². The zero-order valence-corrected chi connectivity index (χ0v) is 13.3. The summed E-state index contributed by atoms with van der Waals surface area (Å²) in [7, 11) is 0. The highest BCUT2D eigenvalue weighted by Crippen LogP contribution is 2.30. The highest BCUT2D eigenvalue weighted by molar-refractivity contribution is 8.13. The van der Waals surface area contributed by atoms with Crippen LogP contribution in [0, 0.1) is 12.3 Å². The number of nitrogens with one attached hydrogen (secondary N) is 1. The van der Waals surface area contributed by atoms with Gasteiger partial charge in [0.2, 0.25) is 0 Å². The molecular weight excluding hydrogens is 256 g/mol. The molecule has 0 saturated heterocycles. The zero-order valence-electron chi connectivity index (χ0n) is 12.5. The van der Waals surface area contributed by atoms with Crippen molar-refractivity contribution in [2.24, 2.45) is 10.4 Å². The van der Waals surface area contributed by atoms with E-state index in [4.69, 9.17) is 9.41 Å². The summed E-state index contributed by atoms with van der Waals surface area (Å²) in [6, 6.07) is 4.60. The minimum absolute atomic E-state index is 0.165. The number of aliphatic imine (C=N–C) groups is 1. The van der Waals surface area contributed by atoms with Crippen molar-refractivity contribution in [2.75, 3.05) is 5.75 Å². The van der Waals surface area contributed by atoms with Crippen LogP contribution in [0.1, 0.15) is 51.7 Å². The van der Waals surface area contributed by atoms with Gasteiger partial charge in [0.15, 0.2) is 5.17 Å². The van der Waals surface area contributed by atoms with Crippen LogP contribution in [-0.4, -0.2) is 17.0 Å². The van der Waals surface area contributed by atoms with Gasteiger partial charge in [-0.1, -0.05) is 32.5 Å². The van der Waals surface area contributed by atoms with Gasteiger partial charge in [-0.15, -0.1) is 0 Å². The van der Waals surface area contributed by atoms with Gasteiger partial charge in [0.1, 0.15) is 11.5 Å². The van der Waals surface area contributed by atoms with Gasteiger partial charge >= 0.3 is 0 Å². The summed E-state index contributed by atoms with van der Waals surface area (Å²) >= 11 is 1.81. The first-order chi connectivity index (χ1) is 8.86. The molecule has 2 atom stereocenters. The van der Waals surface area contributed by atoms with Crippen LogP contribution < -0.4 is 5.32 Å². The maximum Gasteiger partial charge on any atom is 0.157 e. The van der Waals surface area contributed by atoms with Crippen molar-refractivity contribution in [2.45, 2.75) is 53.1 Å². The quantitative estimate of drug-likeness (QED) is 0.884. The highest BCUT2D eigenvalue weighted by atomic mass is 32.2. The molecule has 2 rings (SSSR count). The van der Waals surface area contributed by atoms with E-state index in [-0.39, 0.29) is 11.5 Å². The molecule has 0 radical (unpaired) electrons. The number of nitrogens with zero attached hydrogens (tertiary/aromatic N) is 1. The lowest BCUT2D eigenvalue weighted by molar-refractivity contribution is 0.315. The molecule has 1 aromatic rings. The van der Waals surface area contributed by atoms with Gasteiger partial charge in [0.05, 0.1) is 12.1 Å². The van der Waals surface area contributed by atoms with Crippen molar-refractivity contribution >= 4 is 16.9 Å². The minimum atomic E-state index is 0.165. The van der Waals surface area contributed by atoms with Crippen molar-refractivity contribution in [3.8, 4) is 0 Å². The molecule has 3 nitrogen and oxygen atoms in total. The third-order valence-corrected chi connectivity index (χ3v) is 4.37. The molecule has 0 aliphatic carbocycles. The Morgan fingerprint density at radius 1 is 1.42 bits per heavy atom. The Bertz CT molecular complexity index is 459. The molecule has 4 heteroatoms. The number of rotatable bonds is 2. The Balaban J connectivity index is 2.04. The first-order valence-electron chi connectivity index (χ1n) is 6.90. The molecule has 0 aromatic carbocycles. The van der Waals surface area contributed by atoms with Crippen LogP contribution >= 0.6 is 11.8 Å². The summed E-state index contributed by atoms with van der Waals surface area (Å²) in [5.41, 5.74) is 0.235. The summed E-state index contributed by atoms with van der Waals surface area (Å²) in [5, 5.41) is 4.52. The number of amidine groups is 1. The smallest absolute Gasteiger partial charge is 0.157 e. The Morgan fingerprint density at radius 3 is 2.74 bits per heavy atom. The fourth-order valence-electron chi connectivity index (χ4n) is 2.16. The summed E-state index contributed by atoms with van der Waals surface area (Å²) < 4.78 is 5.65. The molecule has 1 aliphatic heterocycles. The normalized spacial score (nSPS) is 21.9. The van der Waals surface area contributed by atoms with E-state index in [1.54, 1.807) is 0 Å². The molecule has 1 aromatic heterocycles. The van der Waals surface area contributed by atoms with Crippen molar-refractivity contribution in [1.82, 2.24) is 5.32 Å². The zero-order chi connectivity index (χ0) is 14.0. The lowest BCUT2D eigenvalue weighted by Crippen LogP contribution is -2.34. The van der Waals surface area contributed by atoms with Crippen LogP contribution in [0.5, 0.6) is 0 Å². The standard InChI is InChI=1S/C15H24N2OS/c1-10-6-7-12(18-10)11(2)16-14-17-13(8-9-19-14)15(3,4)5/h6-7,11,13H,8-9H2,1-5H3,(H,16,17). The SMILES string of the molecule is Cc1ccc(C(C)NC2=NC(C(C)(C)C)CCS2)o1. The highest BCUT2D eigenvalue weighted by Gasteiger charge is 2.27. The number of thioether (sulfide) groups is 1. The maximum atomic E-state index is 5.65. The second-order valence-electron chi connectivity index (χ2n) is 6.27. The molecule has 2 heterocycles. The molecule has 0 saturated carbocycles. The summed E-state index contributed by atoms with van der Waals surface area (Å²) in [4.78, 5) is 4.85. The first kappa shape index (κ1) is 14.5. The number of aryl methyl sites for hydroxylation is 1. The van der Waals surface area contributed by atoms with Gasteiger partial charge in [-0.25, -0.2) is 0 Å². The van der Waals surface area contributed by atoms with Gasteiger partial charge in [0.25, 0.3) is 0 Å². The maximum absolute atomic E-state index is 5.65. The molecular formula is C15H24N2OS. The van der Waals surface area contributed by atoms with Gasteiger partial charge in [-0.2, -0.15) is 0 Å². The lowest BCUT2D eigenvalue weighted by atomic mass is 9.85. The molecule has 106 valence electrons. The Kier molecular flexibility index (Phi) is 4.29. The molecule has 19 heavy (non-hydrogen) atoms. The number of hydrogen-bond acceptors (Lipinski definition) is 4. The number of hydrogen-bond donors (Lipinski definition) is 1. The molecule has 0 amide bonds. The summed E-state index contributed by atoms with van der Waals surface area (Å²) in [6.45, 7) is 10.9. The van der Waals surface area contributed by atoms with Crippen LogP contribution in [0.25, 0.3) is 0 Å². The topological polar surface area (TPSA) is 37.5 Å². The van der Waals surface area contributed by atoms with Gasteiger partial charge in [-0.05, 0) is 37.8 Å². The van der Waals surface area contributed by atoms with Crippen LogP contribution in [0.2, 0.25) is 0 Å². The van der Waals surface area contributed by atoms with E-state index >= 15 is 0 Å². The van der Waals surface area contributed by atoms with E-state index in [0.717, 1.165) is 28.9 Å². The predicted molar refractivity (Wildman–Crippen MR) is 82.7 cm³/mol. The summed E-state index contributed by atoms with van der Waals surface area (Å²) in [5.74, 6) is 3.06. The lowest BCUT2D eigenvalue weighted by Gasteiger charge is -2.31. The molecule has 1 aliphatic rings. The van der Waals surface area contributed by atoms with E-state index < -0.39 is 0 Å². The van der Waals surface area contributed by atoms with E-state index in [1.807, 2.05) is 30.8 Å². The van der Waals surface area contributed by atoms with Crippen LogP contribution in [0.4, 0.5) is 0 Å². The Morgan fingerprint density at radius 2 is 2.16 bits per heavy atom. The first-order valence-corrected chi connectivity index (χ1v) is 7.88. The van der Waals surface area contributed by atoms with Gasteiger partial charge in [-0.3, -0.25) is 4.99 Å².